The number of nitrogens with one attached hydrogen (secondary N) is 1. The van der Waals surface area contributed by atoms with Crippen LogP contribution >= 0.6 is 0 Å². The fourth-order valence-corrected chi connectivity index (χ4v) is 4.88. The summed E-state index contributed by atoms with van der Waals surface area (Å²) in [5.41, 5.74) is 7.09. The maximum atomic E-state index is 13.3. The van der Waals surface area contributed by atoms with Gasteiger partial charge in [-0.2, -0.15) is 5.10 Å². The molecule has 4 rings (SSSR count). The number of benzene rings is 3. The van der Waals surface area contributed by atoms with Gasteiger partial charge in [0.2, 0.25) is 0 Å². The molecule has 1 N–H and O–H groups in total. The van der Waals surface area contributed by atoms with Crippen LogP contribution in [-0.2, 0) is 10.8 Å². The molecule has 0 spiro atoms. The molecule has 1 aromatic heterocycles. The molecule has 0 aliphatic heterocycles. The van der Waals surface area contributed by atoms with Crippen molar-refractivity contribution in [2.75, 3.05) is 13.2 Å². The zero-order valence-corrected chi connectivity index (χ0v) is 26.5. The zero-order chi connectivity index (χ0) is 30.3. The fraction of sp³-hybridized carbons (Fsp3) is 0.405. The van der Waals surface area contributed by atoms with Crippen LogP contribution in [0.1, 0.15) is 94.4 Å². The van der Waals surface area contributed by atoms with E-state index in [2.05, 4.69) is 65.1 Å². The highest BCUT2D eigenvalue weighted by atomic mass is 16.5. The summed E-state index contributed by atoms with van der Waals surface area (Å²) < 4.78 is 8.07. The molecule has 0 saturated heterocycles. The smallest absolute Gasteiger partial charge is 0.270 e. The molecule has 1 amide bonds. The highest BCUT2D eigenvalue weighted by Gasteiger charge is 2.26. The van der Waals surface area contributed by atoms with Gasteiger partial charge < -0.3 is 10.1 Å². The van der Waals surface area contributed by atoms with Gasteiger partial charge in [-0.3, -0.25) is 4.79 Å². The van der Waals surface area contributed by atoms with Crippen molar-refractivity contribution in [1.82, 2.24) is 15.1 Å². The quantitative estimate of drug-likeness (QED) is 0.165. The zero-order valence-electron chi connectivity index (χ0n) is 26.5. The van der Waals surface area contributed by atoms with Gasteiger partial charge in [0.1, 0.15) is 11.4 Å². The SMILES string of the molecule is CCC(C)(C)c1ccc(OCCCCNC(=O)c2cc(-c3ccccc3)nn2-c2ccc(C)cc2)c(C(C)(C)CC)c1. The Morgan fingerprint density at radius 1 is 0.857 bits per heavy atom. The fourth-order valence-electron chi connectivity index (χ4n) is 4.88. The summed E-state index contributed by atoms with van der Waals surface area (Å²) in [7, 11) is 0. The van der Waals surface area contributed by atoms with Crippen molar-refractivity contribution in [3.05, 3.63) is 101 Å². The van der Waals surface area contributed by atoms with E-state index >= 15 is 0 Å². The predicted molar refractivity (Wildman–Crippen MR) is 174 cm³/mol. The average molecular weight is 566 g/mol. The maximum absolute atomic E-state index is 13.3. The number of hydrogen-bond donors (Lipinski definition) is 1. The van der Waals surface area contributed by atoms with Gasteiger partial charge in [-0.25, -0.2) is 4.68 Å². The molecule has 42 heavy (non-hydrogen) atoms. The van der Waals surface area contributed by atoms with E-state index in [9.17, 15) is 4.79 Å². The second kappa shape index (κ2) is 13.4. The predicted octanol–water partition coefficient (Wildman–Crippen LogP) is 8.81. The lowest BCUT2D eigenvalue weighted by Gasteiger charge is -2.30. The highest BCUT2D eigenvalue weighted by molar-refractivity contribution is 5.94. The van der Waals surface area contributed by atoms with E-state index in [1.165, 1.54) is 11.1 Å². The van der Waals surface area contributed by atoms with E-state index in [1.54, 1.807) is 4.68 Å². The van der Waals surface area contributed by atoms with Gasteiger partial charge in [-0.15, -0.1) is 0 Å². The van der Waals surface area contributed by atoms with Crippen LogP contribution < -0.4 is 10.1 Å². The molecule has 222 valence electrons. The van der Waals surface area contributed by atoms with E-state index in [0.29, 0.717) is 18.8 Å². The first kappa shape index (κ1) is 31.1. The highest BCUT2D eigenvalue weighted by Crippen LogP contribution is 2.38. The van der Waals surface area contributed by atoms with E-state index in [1.807, 2.05) is 67.6 Å². The lowest BCUT2D eigenvalue weighted by molar-refractivity contribution is 0.0944. The number of nitrogens with zero attached hydrogens (tertiary/aromatic N) is 2. The Morgan fingerprint density at radius 2 is 1.55 bits per heavy atom. The van der Waals surface area contributed by atoms with E-state index < -0.39 is 0 Å². The van der Waals surface area contributed by atoms with Gasteiger partial charge in [-0.1, -0.05) is 102 Å². The lowest BCUT2D eigenvalue weighted by atomic mass is 9.76. The largest absolute Gasteiger partial charge is 0.493 e. The van der Waals surface area contributed by atoms with Crippen LogP contribution in [0.5, 0.6) is 5.75 Å². The third-order valence-electron chi connectivity index (χ3n) is 8.66. The van der Waals surface area contributed by atoms with Crippen LogP contribution in [-0.4, -0.2) is 28.8 Å². The molecule has 5 heteroatoms. The molecule has 0 atom stereocenters. The summed E-state index contributed by atoms with van der Waals surface area (Å²) in [5, 5.41) is 7.89. The molecule has 3 aromatic carbocycles. The molecule has 0 unspecified atom stereocenters. The Hall–Kier alpha value is -3.86. The van der Waals surface area contributed by atoms with Crippen molar-refractivity contribution < 1.29 is 9.53 Å². The van der Waals surface area contributed by atoms with Crippen LogP contribution in [0.15, 0.2) is 78.9 Å². The number of aromatic nitrogens is 2. The van der Waals surface area contributed by atoms with Crippen molar-refractivity contribution in [1.29, 1.82) is 0 Å². The third kappa shape index (κ3) is 7.31. The van der Waals surface area contributed by atoms with Crippen molar-refractivity contribution in [3.63, 3.8) is 0 Å². The Morgan fingerprint density at radius 3 is 2.21 bits per heavy atom. The van der Waals surface area contributed by atoms with E-state index in [4.69, 9.17) is 9.84 Å². The normalized spacial score (nSPS) is 11.9. The Labute approximate surface area is 252 Å². The number of carbonyl (C=O) groups excluding carboxylic acids is 1. The van der Waals surface area contributed by atoms with Gasteiger partial charge >= 0.3 is 0 Å². The summed E-state index contributed by atoms with van der Waals surface area (Å²) in [6.45, 7) is 16.9. The Balaban J connectivity index is 1.39. The first-order valence-corrected chi connectivity index (χ1v) is 15.3. The molecule has 0 radical (unpaired) electrons. The standard InChI is InChI=1S/C37H47N3O2/c1-8-36(4,5)29-19-22-34(31(25-29)37(6,7)9-2)42-24-14-13-23-38-35(41)33-26-32(28-15-11-10-12-16-28)39-40(33)30-20-17-27(3)18-21-30/h10-12,15-22,25-26H,8-9,13-14,23-24H2,1-7H3,(H,38,41). The molecule has 1 heterocycles. The second-order valence-electron chi connectivity index (χ2n) is 12.5. The summed E-state index contributed by atoms with van der Waals surface area (Å²) in [4.78, 5) is 13.3. The molecule has 5 nitrogen and oxygen atoms in total. The minimum Gasteiger partial charge on any atom is -0.493 e. The molecule has 0 saturated carbocycles. The number of aryl methyl sites for hydroxylation is 1. The van der Waals surface area contributed by atoms with E-state index in [0.717, 1.165) is 53.9 Å². The van der Waals surface area contributed by atoms with Crippen LogP contribution in [0.2, 0.25) is 0 Å². The molecule has 0 aliphatic rings. The number of unbranched alkanes of at least 4 members (excludes halogenated alkanes) is 1. The molecular formula is C37H47N3O2. The summed E-state index contributed by atoms with van der Waals surface area (Å²) in [5.74, 6) is 0.837. The number of hydrogen-bond acceptors (Lipinski definition) is 3. The van der Waals surface area contributed by atoms with Crippen LogP contribution in [0.4, 0.5) is 0 Å². The molecule has 0 fully saturated rings. The second-order valence-corrected chi connectivity index (χ2v) is 12.5. The van der Waals surface area contributed by atoms with Crippen molar-refractivity contribution in [3.8, 4) is 22.7 Å². The van der Waals surface area contributed by atoms with Crippen molar-refractivity contribution in [2.24, 2.45) is 0 Å². The van der Waals surface area contributed by atoms with Gasteiger partial charge in [0.05, 0.1) is 18.0 Å². The van der Waals surface area contributed by atoms with Crippen LogP contribution in [0.25, 0.3) is 16.9 Å². The molecule has 0 aliphatic carbocycles. The Kier molecular flexibility index (Phi) is 9.93. The van der Waals surface area contributed by atoms with Crippen molar-refractivity contribution >= 4 is 5.91 Å². The third-order valence-corrected chi connectivity index (χ3v) is 8.66. The van der Waals surface area contributed by atoms with Crippen molar-refractivity contribution in [2.45, 2.75) is 85.0 Å². The van der Waals surface area contributed by atoms with Gasteiger partial charge in [0.25, 0.3) is 5.91 Å². The van der Waals surface area contributed by atoms with E-state index in [-0.39, 0.29) is 16.7 Å². The first-order chi connectivity index (χ1) is 20.1. The van der Waals surface area contributed by atoms with Crippen LogP contribution in [0, 0.1) is 6.92 Å². The first-order valence-electron chi connectivity index (χ1n) is 15.3. The maximum Gasteiger partial charge on any atom is 0.270 e. The molecular weight excluding hydrogens is 518 g/mol. The lowest BCUT2D eigenvalue weighted by Crippen LogP contribution is -2.27. The number of ether oxygens (including phenoxy) is 1. The topological polar surface area (TPSA) is 56.1 Å². The van der Waals surface area contributed by atoms with Gasteiger partial charge in [0.15, 0.2) is 0 Å². The summed E-state index contributed by atoms with van der Waals surface area (Å²) >= 11 is 0. The summed E-state index contributed by atoms with van der Waals surface area (Å²) in [6.07, 6.45) is 3.80. The van der Waals surface area contributed by atoms with Gasteiger partial charge in [-0.05, 0) is 73.3 Å². The monoisotopic (exact) mass is 565 g/mol. The Bertz CT molecular complexity index is 1470. The molecule has 0 bridgehead atoms. The number of carbonyl (C=O) groups is 1. The minimum atomic E-state index is -0.132. The number of rotatable bonds is 13. The van der Waals surface area contributed by atoms with Crippen LogP contribution in [0.3, 0.4) is 0 Å². The van der Waals surface area contributed by atoms with Gasteiger partial charge in [0, 0.05) is 17.7 Å². The number of amides is 1. The summed E-state index contributed by atoms with van der Waals surface area (Å²) in [6, 6.07) is 26.6. The minimum absolute atomic E-state index is 0.0299. The molecule has 4 aromatic rings. The average Bonchev–Trinajstić information content (AvgIpc) is 3.45.